The molecule has 1 atom stereocenters. The Morgan fingerprint density at radius 2 is 2.24 bits per heavy atom. The van der Waals surface area contributed by atoms with Gasteiger partial charge in [-0.1, -0.05) is 6.07 Å². The first-order valence-electron chi connectivity index (χ1n) is 6.30. The SMILES string of the molecule is Cc1cc(C2CCCN2C)cc2ccncc12. The molecule has 1 saturated heterocycles. The fourth-order valence-corrected chi connectivity index (χ4v) is 2.93. The first kappa shape index (κ1) is 10.7. The number of hydrogen-bond acceptors (Lipinski definition) is 2. The number of fused-ring (bicyclic) bond motifs is 1. The van der Waals surface area contributed by atoms with Gasteiger partial charge in [0.05, 0.1) is 0 Å². The van der Waals surface area contributed by atoms with Crippen molar-refractivity contribution in [3.05, 3.63) is 41.7 Å². The summed E-state index contributed by atoms with van der Waals surface area (Å²) in [5.74, 6) is 0. The molecule has 0 amide bonds. The Balaban J connectivity index is 2.12. The molecular weight excluding hydrogens is 208 g/mol. The van der Waals surface area contributed by atoms with Gasteiger partial charge in [-0.25, -0.2) is 0 Å². The van der Waals surface area contributed by atoms with Crippen molar-refractivity contribution in [3.63, 3.8) is 0 Å². The zero-order valence-electron chi connectivity index (χ0n) is 10.5. The van der Waals surface area contributed by atoms with Gasteiger partial charge in [0.15, 0.2) is 0 Å². The molecule has 0 bridgehead atoms. The molecule has 1 unspecified atom stereocenters. The fourth-order valence-electron chi connectivity index (χ4n) is 2.93. The van der Waals surface area contributed by atoms with Crippen molar-refractivity contribution in [2.24, 2.45) is 0 Å². The van der Waals surface area contributed by atoms with Gasteiger partial charge < -0.3 is 0 Å². The molecule has 1 aliphatic rings. The lowest BCUT2D eigenvalue weighted by Gasteiger charge is -2.21. The molecule has 3 rings (SSSR count). The minimum absolute atomic E-state index is 0.603. The number of rotatable bonds is 1. The number of benzene rings is 1. The van der Waals surface area contributed by atoms with E-state index in [-0.39, 0.29) is 0 Å². The topological polar surface area (TPSA) is 16.1 Å². The molecule has 0 spiro atoms. The Hall–Kier alpha value is -1.41. The molecule has 88 valence electrons. The maximum atomic E-state index is 4.21. The standard InChI is InChI=1S/C15H18N2/c1-11-8-13(15-4-3-7-17(15)2)9-12-5-6-16-10-14(11)12/h5-6,8-10,15H,3-4,7H2,1-2H3. The van der Waals surface area contributed by atoms with E-state index in [2.05, 4.69) is 42.1 Å². The van der Waals surface area contributed by atoms with E-state index in [0.717, 1.165) is 0 Å². The summed E-state index contributed by atoms with van der Waals surface area (Å²) in [5, 5.41) is 2.59. The Labute approximate surface area is 102 Å². The summed E-state index contributed by atoms with van der Waals surface area (Å²) in [7, 11) is 2.23. The summed E-state index contributed by atoms with van der Waals surface area (Å²) in [6.45, 7) is 3.40. The molecule has 0 N–H and O–H groups in total. The summed E-state index contributed by atoms with van der Waals surface area (Å²) < 4.78 is 0. The van der Waals surface area contributed by atoms with E-state index in [1.54, 1.807) is 0 Å². The Bertz CT molecular complexity index is 548. The highest BCUT2D eigenvalue weighted by Crippen LogP contribution is 2.33. The van der Waals surface area contributed by atoms with Crippen LogP contribution in [0, 0.1) is 6.92 Å². The predicted octanol–water partition coefficient (Wildman–Crippen LogP) is 3.31. The van der Waals surface area contributed by atoms with Gasteiger partial charge in [0.2, 0.25) is 0 Å². The van der Waals surface area contributed by atoms with Crippen LogP contribution in [0.5, 0.6) is 0 Å². The Morgan fingerprint density at radius 1 is 1.35 bits per heavy atom. The van der Waals surface area contributed by atoms with Crippen LogP contribution in [0.1, 0.15) is 30.0 Å². The van der Waals surface area contributed by atoms with Gasteiger partial charge in [0, 0.05) is 23.8 Å². The van der Waals surface area contributed by atoms with Crippen LogP contribution in [0.2, 0.25) is 0 Å². The third-order valence-electron chi connectivity index (χ3n) is 3.89. The van der Waals surface area contributed by atoms with Crippen LogP contribution in [0.25, 0.3) is 10.8 Å². The number of pyridine rings is 1. The maximum Gasteiger partial charge on any atom is 0.0349 e. The Kier molecular flexibility index (Phi) is 2.60. The summed E-state index contributed by atoms with van der Waals surface area (Å²) in [5.41, 5.74) is 2.80. The number of nitrogens with zero attached hydrogens (tertiary/aromatic N) is 2. The monoisotopic (exact) mass is 226 g/mol. The van der Waals surface area contributed by atoms with E-state index in [4.69, 9.17) is 0 Å². The molecular formula is C15H18N2. The van der Waals surface area contributed by atoms with Gasteiger partial charge >= 0.3 is 0 Å². The van der Waals surface area contributed by atoms with Crippen molar-refractivity contribution < 1.29 is 0 Å². The lowest BCUT2D eigenvalue weighted by Crippen LogP contribution is -2.17. The van der Waals surface area contributed by atoms with E-state index >= 15 is 0 Å². The van der Waals surface area contributed by atoms with E-state index < -0.39 is 0 Å². The van der Waals surface area contributed by atoms with Crippen molar-refractivity contribution in [2.45, 2.75) is 25.8 Å². The summed E-state index contributed by atoms with van der Waals surface area (Å²) in [6, 6.07) is 7.37. The van der Waals surface area contributed by atoms with Gasteiger partial charge in [-0.3, -0.25) is 9.88 Å². The average molecular weight is 226 g/mol. The third kappa shape index (κ3) is 1.83. The van der Waals surface area contributed by atoms with E-state index in [1.165, 1.54) is 41.3 Å². The van der Waals surface area contributed by atoms with Crippen LogP contribution >= 0.6 is 0 Å². The van der Waals surface area contributed by atoms with Crippen LogP contribution in [0.15, 0.2) is 30.6 Å². The third-order valence-corrected chi connectivity index (χ3v) is 3.89. The lowest BCUT2D eigenvalue weighted by atomic mass is 9.98. The van der Waals surface area contributed by atoms with E-state index in [0.29, 0.717) is 6.04 Å². The molecule has 0 aliphatic carbocycles. The predicted molar refractivity (Wildman–Crippen MR) is 71.1 cm³/mol. The average Bonchev–Trinajstić information content (AvgIpc) is 2.75. The van der Waals surface area contributed by atoms with Gasteiger partial charge in [0.25, 0.3) is 0 Å². The van der Waals surface area contributed by atoms with Crippen molar-refractivity contribution in [1.82, 2.24) is 9.88 Å². The number of aromatic nitrogens is 1. The van der Waals surface area contributed by atoms with Gasteiger partial charge in [-0.15, -0.1) is 0 Å². The molecule has 1 fully saturated rings. The molecule has 1 aromatic carbocycles. The van der Waals surface area contributed by atoms with Gasteiger partial charge in [0.1, 0.15) is 0 Å². The highest BCUT2D eigenvalue weighted by molar-refractivity contribution is 5.85. The van der Waals surface area contributed by atoms with E-state index in [1.807, 2.05) is 12.4 Å². The molecule has 0 saturated carbocycles. The number of likely N-dealkylation sites (tertiary alicyclic amines) is 1. The second-order valence-corrected chi connectivity index (χ2v) is 5.07. The Morgan fingerprint density at radius 3 is 3.00 bits per heavy atom. The summed E-state index contributed by atoms with van der Waals surface area (Å²) in [4.78, 5) is 6.67. The smallest absolute Gasteiger partial charge is 0.0349 e. The second-order valence-electron chi connectivity index (χ2n) is 5.07. The zero-order chi connectivity index (χ0) is 11.8. The van der Waals surface area contributed by atoms with Crippen molar-refractivity contribution >= 4 is 10.8 Å². The molecule has 2 heterocycles. The largest absolute Gasteiger partial charge is 0.299 e. The molecule has 0 radical (unpaired) electrons. The first-order chi connectivity index (χ1) is 8.25. The lowest BCUT2D eigenvalue weighted by molar-refractivity contribution is 0.317. The van der Waals surface area contributed by atoms with Gasteiger partial charge in [-0.2, -0.15) is 0 Å². The van der Waals surface area contributed by atoms with Crippen molar-refractivity contribution in [1.29, 1.82) is 0 Å². The first-order valence-corrected chi connectivity index (χ1v) is 6.30. The normalized spacial score (nSPS) is 21.2. The van der Waals surface area contributed by atoms with Crippen molar-refractivity contribution in [2.75, 3.05) is 13.6 Å². The van der Waals surface area contributed by atoms with E-state index in [9.17, 15) is 0 Å². The van der Waals surface area contributed by atoms with Crippen LogP contribution in [-0.4, -0.2) is 23.5 Å². The molecule has 2 aromatic rings. The van der Waals surface area contributed by atoms with Crippen molar-refractivity contribution in [3.8, 4) is 0 Å². The van der Waals surface area contributed by atoms with Crippen LogP contribution in [0.3, 0.4) is 0 Å². The van der Waals surface area contributed by atoms with Crippen LogP contribution in [-0.2, 0) is 0 Å². The minimum atomic E-state index is 0.603. The molecule has 1 aromatic heterocycles. The van der Waals surface area contributed by atoms with Gasteiger partial charge in [-0.05, 0) is 62.0 Å². The quantitative estimate of drug-likeness (QED) is 0.741. The van der Waals surface area contributed by atoms with Crippen LogP contribution < -0.4 is 0 Å². The summed E-state index contributed by atoms with van der Waals surface area (Å²) >= 11 is 0. The second kappa shape index (κ2) is 4.11. The molecule has 2 heteroatoms. The molecule has 2 nitrogen and oxygen atoms in total. The highest BCUT2D eigenvalue weighted by Gasteiger charge is 2.22. The van der Waals surface area contributed by atoms with Crippen LogP contribution in [0.4, 0.5) is 0 Å². The molecule has 17 heavy (non-hydrogen) atoms. The number of hydrogen-bond donors (Lipinski definition) is 0. The highest BCUT2D eigenvalue weighted by atomic mass is 15.1. The zero-order valence-corrected chi connectivity index (χ0v) is 10.5. The minimum Gasteiger partial charge on any atom is -0.299 e. The maximum absolute atomic E-state index is 4.21. The fraction of sp³-hybridized carbons (Fsp3) is 0.400. The molecule has 1 aliphatic heterocycles. The number of aryl methyl sites for hydroxylation is 1. The summed E-state index contributed by atoms with van der Waals surface area (Å²) in [6.07, 6.45) is 6.44.